The predicted molar refractivity (Wildman–Crippen MR) is 177 cm³/mol. The van der Waals surface area contributed by atoms with E-state index in [0.717, 1.165) is 62.1 Å². The number of likely N-dealkylation sites (N-methyl/N-ethyl adjacent to an activating group) is 1. The lowest BCUT2D eigenvalue weighted by atomic mass is 10.0. The van der Waals surface area contributed by atoms with Gasteiger partial charge >= 0.3 is 0 Å². The summed E-state index contributed by atoms with van der Waals surface area (Å²) in [6.07, 6.45) is 8.77. The van der Waals surface area contributed by atoms with E-state index in [1.165, 1.54) is 32.4 Å². The number of carbonyl (C=O) groups is 2. The standard InChI is InChI=1S/C36H46N6O3/c1-2-40-19-5-6-32(40)24-39-35(43)28-9-7-26(8-10-28)25-45-33-22-30(23-38-34(33)37)27-11-13-29(14-12-27)36(44)42-20-15-31(16-21-42)41-17-3-4-18-41/h7-14,22-23,31-32H,2-6,15-21,24-25H2,1H3,(H2,37,38)(H,39,43). The third-order valence-corrected chi connectivity index (χ3v) is 9.77. The molecule has 1 unspecified atom stereocenters. The predicted octanol–water partition coefficient (Wildman–Crippen LogP) is 4.82. The second-order valence-electron chi connectivity index (χ2n) is 12.6. The van der Waals surface area contributed by atoms with Crippen molar-refractivity contribution in [3.05, 3.63) is 77.5 Å². The van der Waals surface area contributed by atoms with Gasteiger partial charge in [0.2, 0.25) is 0 Å². The van der Waals surface area contributed by atoms with Gasteiger partial charge in [-0.1, -0.05) is 31.2 Å². The highest BCUT2D eigenvalue weighted by molar-refractivity contribution is 5.95. The summed E-state index contributed by atoms with van der Waals surface area (Å²) in [4.78, 5) is 37.3. The molecule has 9 nitrogen and oxygen atoms in total. The Hall–Kier alpha value is -3.95. The molecule has 0 spiro atoms. The van der Waals surface area contributed by atoms with Crippen LogP contribution in [0, 0.1) is 0 Å². The van der Waals surface area contributed by atoms with Crippen molar-refractivity contribution in [3.63, 3.8) is 0 Å². The van der Waals surface area contributed by atoms with Crippen LogP contribution in [0.1, 0.15) is 71.7 Å². The number of nitrogens with zero attached hydrogens (tertiary/aromatic N) is 4. The van der Waals surface area contributed by atoms with E-state index in [0.29, 0.717) is 47.9 Å². The molecule has 0 bridgehead atoms. The third kappa shape index (κ3) is 7.48. The summed E-state index contributed by atoms with van der Waals surface area (Å²) in [6, 6.07) is 18.1. The molecular weight excluding hydrogens is 564 g/mol. The number of carbonyl (C=O) groups excluding carboxylic acids is 2. The van der Waals surface area contributed by atoms with Crippen molar-refractivity contribution in [1.29, 1.82) is 0 Å². The molecule has 0 saturated carbocycles. The lowest BCUT2D eigenvalue weighted by Crippen LogP contribution is -2.45. The first-order chi connectivity index (χ1) is 22.0. The Balaban J connectivity index is 1.01. The van der Waals surface area contributed by atoms with E-state index in [1.54, 1.807) is 6.20 Å². The smallest absolute Gasteiger partial charge is 0.253 e. The molecule has 45 heavy (non-hydrogen) atoms. The number of anilines is 1. The number of amides is 2. The molecule has 3 aromatic rings. The molecule has 3 aliphatic heterocycles. The third-order valence-electron chi connectivity index (χ3n) is 9.77. The van der Waals surface area contributed by atoms with Gasteiger partial charge in [-0.05, 0) is 106 Å². The Morgan fingerprint density at radius 1 is 0.889 bits per heavy atom. The van der Waals surface area contributed by atoms with Gasteiger partial charge < -0.3 is 25.6 Å². The maximum absolute atomic E-state index is 13.2. The molecule has 9 heteroatoms. The molecule has 1 aromatic heterocycles. The molecule has 3 saturated heterocycles. The van der Waals surface area contributed by atoms with Gasteiger partial charge in [-0.3, -0.25) is 14.5 Å². The summed E-state index contributed by atoms with van der Waals surface area (Å²) in [5.41, 5.74) is 10.2. The van der Waals surface area contributed by atoms with Crippen molar-refractivity contribution in [2.45, 2.75) is 64.1 Å². The zero-order chi connectivity index (χ0) is 31.2. The quantitative estimate of drug-likeness (QED) is 0.339. The number of ether oxygens (including phenoxy) is 1. The Kier molecular flexibility index (Phi) is 9.96. The molecule has 2 aromatic carbocycles. The number of hydrogen-bond acceptors (Lipinski definition) is 7. The first-order valence-corrected chi connectivity index (χ1v) is 16.6. The summed E-state index contributed by atoms with van der Waals surface area (Å²) in [5, 5.41) is 3.09. The minimum absolute atomic E-state index is 0.0543. The second kappa shape index (κ2) is 14.4. The van der Waals surface area contributed by atoms with E-state index >= 15 is 0 Å². The Morgan fingerprint density at radius 3 is 2.31 bits per heavy atom. The van der Waals surface area contributed by atoms with Crippen molar-refractivity contribution in [3.8, 4) is 16.9 Å². The Bertz CT molecular complexity index is 1450. The molecule has 6 rings (SSSR count). The molecule has 3 aliphatic rings. The molecular formula is C36H46N6O3. The highest BCUT2D eigenvalue weighted by Gasteiger charge is 2.29. The fourth-order valence-corrected chi connectivity index (χ4v) is 7.03. The maximum atomic E-state index is 13.2. The maximum Gasteiger partial charge on any atom is 0.253 e. The van der Waals surface area contributed by atoms with Crippen molar-refractivity contribution in [2.75, 3.05) is 51.5 Å². The molecule has 3 N–H and O–H groups in total. The topological polar surface area (TPSA) is 104 Å². The Labute approximate surface area is 266 Å². The molecule has 238 valence electrons. The van der Waals surface area contributed by atoms with Crippen LogP contribution >= 0.6 is 0 Å². The minimum Gasteiger partial charge on any atom is -0.485 e. The zero-order valence-corrected chi connectivity index (χ0v) is 26.4. The highest BCUT2D eigenvalue weighted by atomic mass is 16.5. The van der Waals surface area contributed by atoms with Crippen LogP contribution in [0.3, 0.4) is 0 Å². The number of benzene rings is 2. The van der Waals surface area contributed by atoms with Gasteiger partial charge in [0, 0.05) is 54.6 Å². The number of nitrogen functional groups attached to an aromatic ring is 1. The van der Waals surface area contributed by atoms with E-state index in [2.05, 4.69) is 27.0 Å². The van der Waals surface area contributed by atoms with Crippen LogP contribution in [0.5, 0.6) is 5.75 Å². The highest BCUT2D eigenvalue weighted by Crippen LogP contribution is 2.29. The number of pyridine rings is 1. The molecule has 4 heterocycles. The fraction of sp³-hybridized carbons (Fsp3) is 0.472. The lowest BCUT2D eigenvalue weighted by Gasteiger charge is -2.36. The monoisotopic (exact) mass is 610 g/mol. The number of nitrogens with two attached hydrogens (primary N) is 1. The van der Waals surface area contributed by atoms with E-state index in [9.17, 15) is 9.59 Å². The van der Waals surface area contributed by atoms with Crippen LogP contribution in [0.4, 0.5) is 5.82 Å². The van der Waals surface area contributed by atoms with E-state index < -0.39 is 0 Å². The number of rotatable bonds is 10. The van der Waals surface area contributed by atoms with Gasteiger partial charge in [0.25, 0.3) is 11.8 Å². The van der Waals surface area contributed by atoms with E-state index in [1.807, 2.05) is 59.5 Å². The largest absolute Gasteiger partial charge is 0.485 e. The minimum atomic E-state index is -0.0543. The number of hydrogen-bond donors (Lipinski definition) is 2. The van der Waals surface area contributed by atoms with Crippen LogP contribution in [-0.4, -0.2) is 89.4 Å². The average Bonchev–Trinajstić information content (AvgIpc) is 3.80. The van der Waals surface area contributed by atoms with Gasteiger partial charge in [0.1, 0.15) is 6.61 Å². The van der Waals surface area contributed by atoms with Crippen molar-refractivity contribution in [1.82, 2.24) is 25.0 Å². The van der Waals surface area contributed by atoms with Crippen LogP contribution in [0.2, 0.25) is 0 Å². The number of likely N-dealkylation sites (tertiary alicyclic amines) is 3. The average molecular weight is 611 g/mol. The zero-order valence-electron chi connectivity index (χ0n) is 26.4. The van der Waals surface area contributed by atoms with Crippen molar-refractivity contribution in [2.24, 2.45) is 0 Å². The van der Waals surface area contributed by atoms with Gasteiger partial charge in [0.15, 0.2) is 11.6 Å². The van der Waals surface area contributed by atoms with Gasteiger partial charge in [-0.2, -0.15) is 0 Å². The first-order valence-electron chi connectivity index (χ1n) is 16.6. The van der Waals surface area contributed by atoms with E-state index in [4.69, 9.17) is 10.5 Å². The van der Waals surface area contributed by atoms with Gasteiger partial charge in [-0.25, -0.2) is 4.98 Å². The SMILES string of the molecule is CCN1CCCC1CNC(=O)c1ccc(COc2cc(-c3ccc(C(=O)N4CCC(N5CCCC5)CC4)cc3)cnc2N)cc1. The Morgan fingerprint density at radius 2 is 1.60 bits per heavy atom. The lowest BCUT2D eigenvalue weighted by molar-refractivity contribution is 0.0644. The normalized spacial score (nSPS) is 19.6. The van der Waals surface area contributed by atoms with Gasteiger partial charge in [-0.15, -0.1) is 0 Å². The van der Waals surface area contributed by atoms with Crippen LogP contribution in [0.15, 0.2) is 60.8 Å². The fourth-order valence-electron chi connectivity index (χ4n) is 7.03. The van der Waals surface area contributed by atoms with Crippen LogP contribution < -0.4 is 15.8 Å². The first kappa shape index (κ1) is 31.0. The molecule has 1 atom stereocenters. The molecule has 0 aliphatic carbocycles. The summed E-state index contributed by atoms with van der Waals surface area (Å²) in [7, 11) is 0. The van der Waals surface area contributed by atoms with Gasteiger partial charge in [0.05, 0.1) is 0 Å². The molecule has 2 amide bonds. The number of piperidine rings is 1. The van der Waals surface area contributed by atoms with Crippen molar-refractivity contribution < 1.29 is 14.3 Å². The van der Waals surface area contributed by atoms with E-state index in [-0.39, 0.29) is 11.8 Å². The number of aromatic nitrogens is 1. The molecule has 0 radical (unpaired) electrons. The summed E-state index contributed by atoms with van der Waals surface area (Å²) >= 11 is 0. The molecule has 3 fully saturated rings. The second-order valence-corrected chi connectivity index (χ2v) is 12.6. The van der Waals surface area contributed by atoms with Crippen molar-refractivity contribution >= 4 is 17.6 Å². The summed E-state index contributed by atoms with van der Waals surface area (Å²) in [6.45, 7) is 9.32. The van der Waals surface area contributed by atoms with Crippen LogP contribution in [0.25, 0.3) is 11.1 Å². The van der Waals surface area contributed by atoms with Crippen LogP contribution in [-0.2, 0) is 6.61 Å². The summed E-state index contributed by atoms with van der Waals surface area (Å²) in [5.74, 6) is 0.849. The summed E-state index contributed by atoms with van der Waals surface area (Å²) < 4.78 is 6.05. The number of nitrogens with one attached hydrogen (secondary N) is 1.